The van der Waals surface area contributed by atoms with Gasteiger partial charge in [-0.25, -0.2) is 4.39 Å². The number of amides is 1. The van der Waals surface area contributed by atoms with Gasteiger partial charge >= 0.3 is 0 Å². The van der Waals surface area contributed by atoms with Crippen molar-refractivity contribution in [3.05, 3.63) is 57.0 Å². The highest BCUT2D eigenvalue weighted by Gasteiger charge is 2.13. The summed E-state index contributed by atoms with van der Waals surface area (Å²) in [6.45, 7) is 2.29. The summed E-state index contributed by atoms with van der Waals surface area (Å²) in [4.78, 5) is 13.1. The van der Waals surface area contributed by atoms with E-state index in [0.29, 0.717) is 6.54 Å². The first-order chi connectivity index (χ1) is 10.0. The first-order valence-electron chi connectivity index (χ1n) is 6.42. The number of hydrogen-bond donors (Lipinski definition) is 1. The first-order valence-corrected chi connectivity index (χ1v) is 8.67. The molecule has 1 N–H and O–H groups in total. The van der Waals surface area contributed by atoms with E-state index in [0.717, 1.165) is 20.5 Å². The number of thiophene rings is 1. The Morgan fingerprint density at radius 1 is 1.33 bits per heavy atom. The number of carbonyl (C=O) groups is 1. The van der Waals surface area contributed by atoms with E-state index >= 15 is 0 Å². The molecule has 1 atom stereocenters. The number of halogens is 2. The van der Waals surface area contributed by atoms with Crippen LogP contribution >= 0.6 is 34.7 Å². The van der Waals surface area contributed by atoms with Gasteiger partial charge in [-0.3, -0.25) is 4.79 Å². The molecule has 0 aliphatic heterocycles. The van der Waals surface area contributed by atoms with Gasteiger partial charge in [0.15, 0.2) is 0 Å². The molecule has 0 spiro atoms. The third-order valence-electron chi connectivity index (χ3n) is 2.85. The molecule has 0 fully saturated rings. The van der Waals surface area contributed by atoms with E-state index < -0.39 is 0 Å². The fourth-order valence-electron chi connectivity index (χ4n) is 1.65. The van der Waals surface area contributed by atoms with Crippen molar-refractivity contribution in [2.75, 3.05) is 0 Å². The van der Waals surface area contributed by atoms with Crippen molar-refractivity contribution in [2.45, 2.75) is 24.5 Å². The van der Waals surface area contributed by atoms with Gasteiger partial charge in [0.1, 0.15) is 5.82 Å². The SMILES string of the molecule is CC(SCc1ccc(Cl)s1)C(=O)NCc1ccc(F)cc1. The van der Waals surface area contributed by atoms with Crippen LogP contribution in [-0.2, 0) is 17.1 Å². The number of nitrogens with one attached hydrogen (secondary N) is 1. The Labute approximate surface area is 136 Å². The number of carbonyl (C=O) groups excluding carboxylic acids is 1. The molecular weight excluding hydrogens is 329 g/mol. The minimum absolute atomic E-state index is 0.0213. The second-order valence-electron chi connectivity index (χ2n) is 4.50. The zero-order valence-electron chi connectivity index (χ0n) is 11.4. The Morgan fingerprint density at radius 3 is 2.67 bits per heavy atom. The van der Waals surface area contributed by atoms with Gasteiger partial charge in [0.05, 0.1) is 9.59 Å². The number of hydrogen-bond acceptors (Lipinski definition) is 3. The fraction of sp³-hybridized carbons (Fsp3) is 0.267. The standard InChI is InChI=1S/C15H15ClFNOS2/c1-10(20-9-13-6-7-14(16)21-13)15(19)18-8-11-2-4-12(17)5-3-11/h2-7,10H,8-9H2,1H3,(H,18,19). The summed E-state index contributed by atoms with van der Waals surface area (Å²) in [7, 11) is 0. The molecule has 112 valence electrons. The normalized spacial score (nSPS) is 12.1. The maximum atomic E-state index is 12.8. The lowest BCUT2D eigenvalue weighted by Gasteiger charge is -2.11. The van der Waals surface area contributed by atoms with Crippen LogP contribution in [0.3, 0.4) is 0 Å². The van der Waals surface area contributed by atoms with Crippen LogP contribution in [0.5, 0.6) is 0 Å². The number of thioether (sulfide) groups is 1. The summed E-state index contributed by atoms with van der Waals surface area (Å²) < 4.78 is 13.5. The van der Waals surface area contributed by atoms with Crippen LogP contribution in [0, 0.1) is 5.82 Å². The molecule has 21 heavy (non-hydrogen) atoms. The molecule has 0 radical (unpaired) electrons. The zero-order valence-corrected chi connectivity index (χ0v) is 13.8. The highest BCUT2D eigenvalue weighted by Crippen LogP contribution is 2.26. The van der Waals surface area contributed by atoms with Crippen LogP contribution in [0.25, 0.3) is 0 Å². The average Bonchev–Trinajstić information content (AvgIpc) is 2.89. The van der Waals surface area contributed by atoms with Gasteiger partial charge in [-0.2, -0.15) is 0 Å². The van der Waals surface area contributed by atoms with Crippen molar-refractivity contribution in [3.63, 3.8) is 0 Å². The Bertz CT molecular complexity index is 600. The Morgan fingerprint density at radius 2 is 2.05 bits per heavy atom. The summed E-state index contributed by atoms with van der Waals surface area (Å²) in [5, 5.41) is 2.71. The second-order valence-corrected chi connectivity index (χ2v) is 7.63. The molecule has 0 aliphatic rings. The fourth-order valence-corrected chi connectivity index (χ4v) is 3.72. The maximum absolute atomic E-state index is 12.8. The van der Waals surface area contributed by atoms with E-state index in [1.54, 1.807) is 23.9 Å². The molecule has 1 aromatic carbocycles. The Hall–Kier alpha value is -1.04. The van der Waals surface area contributed by atoms with Crippen LogP contribution < -0.4 is 5.32 Å². The molecule has 0 aliphatic carbocycles. The van der Waals surface area contributed by atoms with Crippen LogP contribution in [0.15, 0.2) is 36.4 Å². The van der Waals surface area contributed by atoms with Crippen LogP contribution in [0.4, 0.5) is 4.39 Å². The molecule has 2 nitrogen and oxygen atoms in total. The van der Waals surface area contributed by atoms with Crippen molar-refractivity contribution < 1.29 is 9.18 Å². The molecule has 2 aromatic rings. The van der Waals surface area contributed by atoms with Crippen LogP contribution in [-0.4, -0.2) is 11.2 Å². The lowest BCUT2D eigenvalue weighted by Crippen LogP contribution is -2.30. The molecule has 1 amide bonds. The van der Waals surface area contributed by atoms with E-state index in [1.165, 1.54) is 23.5 Å². The Balaban J connectivity index is 1.75. The van der Waals surface area contributed by atoms with Crippen LogP contribution in [0.1, 0.15) is 17.4 Å². The predicted octanol–water partition coefficient (Wildman–Crippen LogP) is 4.48. The topological polar surface area (TPSA) is 29.1 Å². The molecule has 1 aromatic heterocycles. The van der Waals surface area contributed by atoms with Gasteiger partial charge in [0.25, 0.3) is 0 Å². The van der Waals surface area contributed by atoms with Crippen molar-refractivity contribution in [2.24, 2.45) is 0 Å². The maximum Gasteiger partial charge on any atom is 0.233 e. The summed E-state index contributed by atoms with van der Waals surface area (Å²) in [6, 6.07) is 9.95. The van der Waals surface area contributed by atoms with Gasteiger partial charge in [0, 0.05) is 17.2 Å². The predicted molar refractivity (Wildman–Crippen MR) is 88.3 cm³/mol. The number of rotatable bonds is 6. The van der Waals surface area contributed by atoms with E-state index in [-0.39, 0.29) is 17.0 Å². The molecule has 6 heteroatoms. The van der Waals surface area contributed by atoms with Gasteiger partial charge in [0.2, 0.25) is 5.91 Å². The average molecular weight is 344 g/mol. The smallest absolute Gasteiger partial charge is 0.233 e. The van der Waals surface area contributed by atoms with Crippen molar-refractivity contribution in [1.29, 1.82) is 0 Å². The first kappa shape index (κ1) is 16.3. The van der Waals surface area contributed by atoms with Gasteiger partial charge < -0.3 is 5.32 Å². The summed E-state index contributed by atoms with van der Waals surface area (Å²) in [6.07, 6.45) is 0. The largest absolute Gasteiger partial charge is 0.351 e. The van der Waals surface area contributed by atoms with E-state index in [1.807, 2.05) is 19.1 Å². The van der Waals surface area contributed by atoms with Gasteiger partial charge in [-0.15, -0.1) is 23.1 Å². The monoisotopic (exact) mass is 343 g/mol. The van der Waals surface area contributed by atoms with Crippen LogP contribution in [0.2, 0.25) is 4.34 Å². The van der Waals surface area contributed by atoms with E-state index in [9.17, 15) is 9.18 Å². The van der Waals surface area contributed by atoms with E-state index in [4.69, 9.17) is 11.6 Å². The van der Waals surface area contributed by atoms with Gasteiger partial charge in [-0.1, -0.05) is 23.7 Å². The molecular formula is C15H15ClFNOS2. The summed E-state index contributed by atoms with van der Waals surface area (Å²) >= 11 is 8.97. The van der Waals surface area contributed by atoms with Gasteiger partial charge in [-0.05, 0) is 36.8 Å². The zero-order chi connectivity index (χ0) is 15.2. The molecule has 2 rings (SSSR count). The quantitative estimate of drug-likeness (QED) is 0.838. The lowest BCUT2D eigenvalue weighted by atomic mass is 10.2. The molecule has 1 unspecified atom stereocenters. The highest BCUT2D eigenvalue weighted by molar-refractivity contribution is 7.99. The third kappa shape index (κ3) is 5.34. The molecule has 0 bridgehead atoms. The lowest BCUT2D eigenvalue weighted by molar-refractivity contribution is -0.120. The highest BCUT2D eigenvalue weighted by atomic mass is 35.5. The summed E-state index contributed by atoms with van der Waals surface area (Å²) in [5.41, 5.74) is 0.881. The second kappa shape index (κ2) is 7.82. The molecule has 0 saturated carbocycles. The van der Waals surface area contributed by atoms with Crippen molar-refractivity contribution in [1.82, 2.24) is 5.32 Å². The van der Waals surface area contributed by atoms with Crippen molar-refractivity contribution in [3.8, 4) is 0 Å². The minimum Gasteiger partial charge on any atom is -0.351 e. The number of benzene rings is 1. The summed E-state index contributed by atoms with van der Waals surface area (Å²) in [5.74, 6) is 0.471. The molecule has 0 saturated heterocycles. The minimum atomic E-state index is -0.274. The van der Waals surface area contributed by atoms with E-state index in [2.05, 4.69) is 5.32 Å². The third-order valence-corrected chi connectivity index (χ3v) is 5.46. The Kier molecular flexibility index (Phi) is 6.08. The van der Waals surface area contributed by atoms with Crippen molar-refractivity contribution >= 4 is 40.6 Å². The molecule has 1 heterocycles.